The van der Waals surface area contributed by atoms with Gasteiger partial charge in [0.15, 0.2) is 0 Å². The summed E-state index contributed by atoms with van der Waals surface area (Å²) in [5.41, 5.74) is 0. The second-order valence-corrected chi connectivity index (χ2v) is 2.93. The highest BCUT2D eigenvalue weighted by Gasteiger charge is 2.15. The van der Waals surface area contributed by atoms with Gasteiger partial charge < -0.3 is 10.2 Å². The molecule has 0 saturated carbocycles. The number of carbonyl (C=O) groups excluding carboxylic acids is 1. The molecule has 1 aliphatic heterocycles. The summed E-state index contributed by atoms with van der Waals surface area (Å²) in [5, 5.41) is 10.3. The number of nitrogens with one attached hydrogen (secondary N) is 2. The molecule has 0 spiro atoms. The van der Waals surface area contributed by atoms with Crippen molar-refractivity contribution in [2.75, 3.05) is 19.6 Å². The molecule has 0 bridgehead atoms. The molecule has 0 aromatic rings. The number of amidine groups is 1. The molecule has 1 heterocycles. The predicted octanol–water partition coefficient (Wildman–Crippen LogP) is 0.196. The van der Waals surface area contributed by atoms with Crippen molar-refractivity contribution in [1.82, 2.24) is 10.2 Å². The lowest BCUT2D eigenvalue weighted by Crippen LogP contribution is -2.36. The Bertz CT molecular complexity index is 191. The summed E-state index contributed by atoms with van der Waals surface area (Å²) in [4.78, 5) is 12.9. The molecular weight excluding hydrogens is 154 g/mol. The first kappa shape index (κ1) is 9.03. The highest BCUT2D eigenvalue weighted by molar-refractivity contribution is 5.86. The van der Waals surface area contributed by atoms with Crippen LogP contribution in [0.4, 0.5) is 0 Å². The van der Waals surface area contributed by atoms with Crippen molar-refractivity contribution in [2.24, 2.45) is 0 Å². The minimum Gasteiger partial charge on any atom is -0.354 e. The maximum atomic E-state index is 11.1. The molecule has 0 atom stereocenters. The Balaban J connectivity index is 2.51. The van der Waals surface area contributed by atoms with Crippen LogP contribution < -0.4 is 5.32 Å². The van der Waals surface area contributed by atoms with E-state index < -0.39 is 0 Å². The van der Waals surface area contributed by atoms with Crippen molar-refractivity contribution in [3.63, 3.8) is 0 Å². The topological polar surface area (TPSA) is 56.2 Å². The maximum Gasteiger partial charge on any atom is 0.239 e. The van der Waals surface area contributed by atoms with Gasteiger partial charge in [0.1, 0.15) is 0 Å². The van der Waals surface area contributed by atoms with E-state index in [1.807, 2.05) is 11.8 Å². The first-order chi connectivity index (χ1) is 5.74. The van der Waals surface area contributed by atoms with E-state index in [4.69, 9.17) is 5.41 Å². The summed E-state index contributed by atoms with van der Waals surface area (Å²) >= 11 is 0. The van der Waals surface area contributed by atoms with Crippen LogP contribution in [0.15, 0.2) is 0 Å². The van der Waals surface area contributed by atoms with Crippen molar-refractivity contribution in [3.8, 4) is 0 Å². The van der Waals surface area contributed by atoms with Crippen LogP contribution in [-0.4, -0.2) is 36.3 Å². The number of hydrogen-bond donors (Lipinski definition) is 2. The Hall–Kier alpha value is -1.06. The molecule has 1 rings (SSSR count). The van der Waals surface area contributed by atoms with E-state index in [-0.39, 0.29) is 5.91 Å². The highest BCUT2D eigenvalue weighted by Crippen LogP contribution is 1.99. The lowest BCUT2D eigenvalue weighted by Gasteiger charge is -2.20. The van der Waals surface area contributed by atoms with Crippen molar-refractivity contribution in [3.05, 3.63) is 0 Å². The first-order valence-electron chi connectivity index (χ1n) is 4.33. The third-order valence-corrected chi connectivity index (χ3v) is 1.98. The predicted molar refractivity (Wildman–Crippen MR) is 47.2 cm³/mol. The monoisotopic (exact) mass is 169 g/mol. The molecule has 0 unspecified atom stereocenters. The number of nitrogens with zero attached hydrogens (tertiary/aromatic N) is 1. The fourth-order valence-corrected chi connectivity index (χ4v) is 1.26. The average Bonchev–Trinajstić information content (AvgIpc) is 2.28. The van der Waals surface area contributed by atoms with E-state index >= 15 is 0 Å². The summed E-state index contributed by atoms with van der Waals surface area (Å²) < 4.78 is 0. The highest BCUT2D eigenvalue weighted by atomic mass is 16.2. The SMILES string of the molecule is CCC(=N)N1CCCNC(=O)C1. The van der Waals surface area contributed by atoms with Gasteiger partial charge in [-0.1, -0.05) is 6.92 Å². The van der Waals surface area contributed by atoms with Gasteiger partial charge in [-0.3, -0.25) is 10.2 Å². The molecule has 4 nitrogen and oxygen atoms in total. The van der Waals surface area contributed by atoms with Crippen LogP contribution in [0.2, 0.25) is 0 Å². The van der Waals surface area contributed by atoms with Crippen molar-refractivity contribution >= 4 is 11.7 Å². The van der Waals surface area contributed by atoms with E-state index in [1.54, 1.807) is 0 Å². The van der Waals surface area contributed by atoms with Crippen LogP contribution in [0.5, 0.6) is 0 Å². The molecule has 0 aromatic carbocycles. The van der Waals surface area contributed by atoms with Crippen LogP contribution in [0.3, 0.4) is 0 Å². The molecule has 1 saturated heterocycles. The number of rotatable bonds is 1. The van der Waals surface area contributed by atoms with Gasteiger partial charge in [0.2, 0.25) is 5.91 Å². The quantitative estimate of drug-likeness (QED) is 0.435. The molecule has 68 valence electrons. The second-order valence-electron chi connectivity index (χ2n) is 2.93. The molecule has 0 aliphatic carbocycles. The fourth-order valence-electron chi connectivity index (χ4n) is 1.26. The van der Waals surface area contributed by atoms with Gasteiger partial charge in [-0.25, -0.2) is 0 Å². The van der Waals surface area contributed by atoms with Crippen LogP contribution >= 0.6 is 0 Å². The van der Waals surface area contributed by atoms with Gasteiger partial charge in [0.05, 0.1) is 12.4 Å². The van der Waals surface area contributed by atoms with Gasteiger partial charge in [0.25, 0.3) is 0 Å². The van der Waals surface area contributed by atoms with Gasteiger partial charge in [-0.05, 0) is 6.42 Å². The minimum absolute atomic E-state index is 0.0331. The van der Waals surface area contributed by atoms with Gasteiger partial charge in [0, 0.05) is 19.5 Å². The lowest BCUT2D eigenvalue weighted by atomic mass is 10.3. The normalized spacial score (nSPS) is 18.4. The van der Waals surface area contributed by atoms with E-state index in [1.165, 1.54) is 0 Å². The molecule has 0 radical (unpaired) electrons. The average molecular weight is 169 g/mol. The molecule has 12 heavy (non-hydrogen) atoms. The molecular formula is C8H15N3O. The third-order valence-electron chi connectivity index (χ3n) is 1.98. The molecule has 2 N–H and O–H groups in total. The molecule has 1 amide bonds. The van der Waals surface area contributed by atoms with E-state index in [0.29, 0.717) is 18.8 Å². The summed E-state index contributed by atoms with van der Waals surface area (Å²) in [6, 6.07) is 0. The molecule has 4 heteroatoms. The zero-order chi connectivity index (χ0) is 8.97. The number of hydrogen-bond acceptors (Lipinski definition) is 2. The smallest absolute Gasteiger partial charge is 0.239 e. The Morgan fingerprint density at radius 2 is 2.50 bits per heavy atom. The molecule has 0 aromatic heterocycles. The van der Waals surface area contributed by atoms with Crippen LogP contribution in [0.1, 0.15) is 19.8 Å². The Morgan fingerprint density at radius 1 is 1.75 bits per heavy atom. The van der Waals surface area contributed by atoms with Gasteiger partial charge in [-0.15, -0.1) is 0 Å². The van der Waals surface area contributed by atoms with Crippen molar-refractivity contribution < 1.29 is 4.79 Å². The fraction of sp³-hybridized carbons (Fsp3) is 0.750. The zero-order valence-electron chi connectivity index (χ0n) is 7.39. The number of amides is 1. The largest absolute Gasteiger partial charge is 0.354 e. The Labute approximate surface area is 72.4 Å². The maximum absolute atomic E-state index is 11.1. The number of carbonyl (C=O) groups is 1. The van der Waals surface area contributed by atoms with Crippen molar-refractivity contribution in [1.29, 1.82) is 5.41 Å². The van der Waals surface area contributed by atoms with Crippen LogP contribution in [-0.2, 0) is 4.79 Å². The molecule has 1 aliphatic rings. The minimum atomic E-state index is 0.0331. The van der Waals surface area contributed by atoms with E-state index in [9.17, 15) is 4.79 Å². The zero-order valence-corrected chi connectivity index (χ0v) is 7.39. The summed E-state index contributed by atoms with van der Waals surface area (Å²) in [5.74, 6) is 0.595. The van der Waals surface area contributed by atoms with Crippen LogP contribution in [0.25, 0.3) is 0 Å². The third kappa shape index (κ3) is 2.22. The van der Waals surface area contributed by atoms with Crippen LogP contribution in [0, 0.1) is 5.41 Å². The van der Waals surface area contributed by atoms with Gasteiger partial charge in [-0.2, -0.15) is 0 Å². The van der Waals surface area contributed by atoms with E-state index in [0.717, 1.165) is 19.5 Å². The summed E-state index contributed by atoms with van der Waals surface area (Å²) in [6.45, 7) is 3.86. The summed E-state index contributed by atoms with van der Waals surface area (Å²) in [6.07, 6.45) is 1.64. The molecule has 1 fully saturated rings. The second kappa shape index (κ2) is 4.09. The van der Waals surface area contributed by atoms with Gasteiger partial charge >= 0.3 is 0 Å². The van der Waals surface area contributed by atoms with Crippen molar-refractivity contribution in [2.45, 2.75) is 19.8 Å². The summed E-state index contributed by atoms with van der Waals surface area (Å²) in [7, 11) is 0. The first-order valence-corrected chi connectivity index (χ1v) is 4.33. The Kier molecular flexibility index (Phi) is 3.08. The lowest BCUT2D eigenvalue weighted by molar-refractivity contribution is -0.120. The standard InChI is InChI=1S/C8H15N3O/c1-2-7(9)11-5-3-4-10-8(12)6-11/h9H,2-6H2,1H3,(H,10,12). The Morgan fingerprint density at radius 3 is 3.17 bits per heavy atom. The van der Waals surface area contributed by atoms with E-state index in [2.05, 4.69) is 5.32 Å².